The van der Waals surface area contributed by atoms with Gasteiger partial charge in [0.15, 0.2) is 0 Å². The molecule has 0 bridgehead atoms. The molecule has 21 heavy (non-hydrogen) atoms. The summed E-state index contributed by atoms with van der Waals surface area (Å²) in [5.74, 6) is 0.366. The van der Waals surface area contributed by atoms with Crippen LogP contribution in [0.1, 0.15) is 13.8 Å². The molecule has 0 spiro atoms. The lowest BCUT2D eigenvalue weighted by molar-refractivity contribution is 0.157. The van der Waals surface area contributed by atoms with Crippen LogP contribution in [-0.2, 0) is 4.74 Å². The first-order valence-corrected chi connectivity index (χ1v) is 7.79. The van der Waals surface area contributed by atoms with Crippen LogP contribution in [-0.4, -0.2) is 42.1 Å². The van der Waals surface area contributed by atoms with Crippen molar-refractivity contribution in [2.24, 2.45) is 0 Å². The van der Waals surface area contributed by atoms with Crippen LogP contribution in [0.3, 0.4) is 0 Å². The number of carbonyl (C=O) groups excluding carboxylic acids is 2. The van der Waals surface area contributed by atoms with Crippen molar-refractivity contribution in [1.29, 1.82) is 0 Å². The SMILES string of the molecule is CCN(CC)C(=O)Oc1cccc(NC(=O)OCCBr)c1. The third kappa shape index (κ3) is 6.03. The van der Waals surface area contributed by atoms with E-state index in [-0.39, 0.29) is 6.61 Å². The molecule has 1 rings (SSSR count). The van der Waals surface area contributed by atoms with Gasteiger partial charge in [-0.2, -0.15) is 0 Å². The molecule has 0 radical (unpaired) electrons. The fraction of sp³-hybridized carbons (Fsp3) is 0.429. The molecule has 0 atom stereocenters. The van der Waals surface area contributed by atoms with E-state index in [2.05, 4.69) is 21.2 Å². The zero-order valence-electron chi connectivity index (χ0n) is 12.1. The van der Waals surface area contributed by atoms with Crippen molar-refractivity contribution < 1.29 is 19.1 Å². The minimum atomic E-state index is -0.554. The van der Waals surface area contributed by atoms with E-state index in [1.165, 1.54) is 0 Å². The Bertz CT molecular complexity index is 478. The summed E-state index contributed by atoms with van der Waals surface area (Å²) in [4.78, 5) is 24.8. The van der Waals surface area contributed by atoms with Gasteiger partial charge in [0, 0.05) is 30.2 Å². The van der Waals surface area contributed by atoms with Crippen LogP contribution in [0.25, 0.3) is 0 Å². The van der Waals surface area contributed by atoms with E-state index >= 15 is 0 Å². The van der Waals surface area contributed by atoms with Crippen LogP contribution in [0.15, 0.2) is 24.3 Å². The van der Waals surface area contributed by atoms with Crippen molar-refractivity contribution in [1.82, 2.24) is 4.90 Å². The van der Waals surface area contributed by atoms with Crippen LogP contribution in [0, 0.1) is 0 Å². The topological polar surface area (TPSA) is 67.9 Å². The Kier molecular flexibility index (Phi) is 7.60. The summed E-state index contributed by atoms with van der Waals surface area (Å²) >= 11 is 3.16. The third-order valence-electron chi connectivity index (χ3n) is 2.62. The molecule has 0 aliphatic rings. The molecule has 6 nitrogen and oxygen atoms in total. The van der Waals surface area contributed by atoms with Gasteiger partial charge >= 0.3 is 12.2 Å². The van der Waals surface area contributed by atoms with E-state index < -0.39 is 12.2 Å². The zero-order chi connectivity index (χ0) is 15.7. The summed E-state index contributed by atoms with van der Waals surface area (Å²) in [6.07, 6.45) is -0.972. The van der Waals surface area contributed by atoms with Gasteiger partial charge in [0.1, 0.15) is 12.4 Å². The Morgan fingerprint density at radius 1 is 1.29 bits per heavy atom. The Labute approximate surface area is 132 Å². The van der Waals surface area contributed by atoms with Gasteiger partial charge < -0.3 is 14.4 Å². The van der Waals surface area contributed by atoms with E-state index in [1.54, 1.807) is 29.2 Å². The predicted molar refractivity (Wildman–Crippen MR) is 84.2 cm³/mol. The number of benzene rings is 1. The average Bonchev–Trinajstić information content (AvgIpc) is 2.46. The van der Waals surface area contributed by atoms with Gasteiger partial charge in [0.2, 0.25) is 0 Å². The summed E-state index contributed by atoms with van der Waals surface area (Å²) in [6, 6.07) is 6.59. The molecular weight excluding hydrogens is 340 g/mol. The Morgan fingerprint density at radius 2 is 2.00 bits per heavy atom. The lowest BCUT2D eigenvalue weighted by Gasteiger charge is -2.18. The van der Waals surface area contributed by atoms with Crippen molar-refractivity contribution in [3.63, 3.8) is 0 Å². The molecule has 0 heterocycles. The van der Waals surface area contributed by atoms with E-state index in [1.807, 2.05) is 13.8 Å². The van der Waals surface area contributed by atoms with Crippen LogP contribution < -0.4 is 10.1 Å². The molecule has 0 saturated heterocycles. The highest BCUT2D eigenvalue weighted by Crippen LogP contribution is 2.18. The first kappa shape index (κ1) is 17.3. The van der Waals surface area contributed by atoms with E-state index in [9.17, 15) is 9.59 Å². The number of alkyl halides is 1. The van der Waals surface area contributed by atoms with Gasteiger partial charge in [-0.3, -0.25) is 5.32 Å². The minimum Gasteiger partial charge on any atom is -0.448 e. The highest BCUT2D eigenvalue weighted by Gasteiger charge is 2.12. The molecule has 116 valence electrons. The van der Waals surface area contributed by atoms with Gasteiger partial charge in [-0.25, -0.2) is 9.59 Å². The fourth-order valence-corrected chi connectivity index (χ4v) is 1.73. The maximum Gasteiger partial charge on any atom is 0.415 e. The molecule has 0 aliphatic carbocycles. The first-order chi connectivity index (χ1) is 10.1. The van der Waals surface area contributed by atoms with Crippen molar-refractivity contribution in [2.45, 2.75) is 13.8 Å². The number of rotatable bonds is 6. The predicted octanol–water partition coefficient (Wildman–Crippen LogP) is 3.47. The van der Waals surface area contributed by atoms with Gasteiger partial charge in [0.25, 0.3) is 0 Å². The maximum atomic E-state index is 11.8. The third-order valence-corrected chi connectivity index (χ3v) is 2.94. The van der Waals surface area contributed by atoms with E-state index in [0.717, 1.165) is 0 Å². The van der Waals surface area contributed by atoms with Gasteiger partial charge in [0.05, 0.1) is 0 Å². The molecule has 0 saturated carbocycles. The van der Waals surface area contributed by atoms with E-state index in [4.69, 9.17) is 9.47 Å². The normalized spacial score (nSPS) is 9.86. The zero-order valence-corrected chi connectivity index (χ0v) is 13.7. The highest BCUT2D eigenvalue weighted by atomic mass is 79.9. The molecule has 0 fully saturated rings. The van der Waals surface area contributed by atoms with Crippen molar-refractivity contribution in [2.75, 3.05) is 30.3 Å². The minimum absolute atomic E-state index is 0.280. The average molecular weight is 359 g/mol. The monoisotopic (exact) mass is 358 g/mol. The summed E-state index contributed by atoms with van der Waals surface area (Å²) in [7, 11) is 0. The van der Waals surface area contributed by atoms with Crippen molar-refractivity contribution >= 4 is 33.8 Å². The molecule has 2 amide bonds. The van der Waals surface area contributed by atoms with Crippen LogP contribution >= 0.6 is 15.9 Å². The number of amides is 2. The van der Waals surface area contributed by atoms with Gasteiger partial charge in [-0.15, -0.1) is 0 Å². The van der Waals surface area contributed by atoms with Crippen molar-refractivity contribution in [3.8, 4) is 5.75 Å². The maximum absolute atomic E-state index is 11.8. The highest BCUT2D eigenvalue weighted by molar-refractivity contribution is 9.09. The summed E-state index contributed by atoms with van der Waals surface area (Å²) in [6.45, 7) is 5.19. The molecule has 1 N–H and O–H groups in total. The van der Waals surface area contributed by atoms with Crippen LogP contribution in [0.2, 0.25) is 0 Å². The number of carbonyl (C=O) groups is 2. The second-order valence-corrected chi connectivity index (χ2v) is 4.81. The Hall–Kier alpha value is -1.76. The van der Waals surface area contributed by atoms with Gasteiger partial charge in [-0.05, 0) is 26.0 Å². The smallest absolute Gasteiger partial charge is 0.415 e. The number of ether oxygens (including phenoxy) is 2. The number of nitrogens with one attached hydrogen (secondary N) is 1. The molecule has 1 aromatic rings. The largest absolute Gasteiger partial charge is 0.448 e. The fourth-order valence-electron chi connectivity index (χ4n) is 1.57. The number of anilines is 1. The molecule has 0 aromatic heterocycles. The summed E-state index contributed by atoms with van der Waals surface area (Å²) < 4.78 is 10.1. The number of nitrogens with zero attached hydrogens (tertiary/aromatic N) is 1. The number of halogens is 1. The summed E-state index contributed by atoms with van der Waals surface area (Å²) in [5.41, 5.74) is 0.499. The standard InChI is InChI=1S/C14H19BrN2O4/c1-3-17(4-2)14(19)21-12-7-5-6-11(10-12)16-13(18)20-9-8-15/h5-7,10H,3-4,8-9H2,1-2H3,(H,16,18). The molecule has 0 aliphatic heterocycles. The van der Waals surface area contributed by atoms with E-state index in [0.29, 0.717) is 29.9 Å². The molecular formula is C14H19BrN2O4. The molecule has 7 heteroatoms. The second kappa shape index (κ2) is 9.23. The second-order valence-electron chi connectivity index (χ2n) is 4.02. The summed E-state index contributed by atoms with van der Waals surface area (Å²) in [5, 5.41) is 3.13. The van der Waals surface area contributed by atoms with Crippen LogP contribution in [0.5, 0.6) is 5.75 Å². The number of hydrogen-bond acceptors (Lipinski definition) is 4. The Balaban J connectivity index is 2.63. The van der Waals surface area contributed by atoms with Crippen molar-refractivity contribution in [3.05, 3.63) is 24.3 Å². The first-order valence-electron chi connectivity index (χ1n) is 6.67. The van der Waals surface area contributed by atoms with Crippen LogP contribution in [0.4, 0.5) is 15.3 Å². The van der Waals surface area contributed by atoms with Gasteiger partial charge in [-0.1, -0.05) is 22.0 Å². The lowest BCUT2D eigenvalue weighted by atomic mass is 10.3. The number of hydrogen-bond donors (Lipinski definition) is 1. The lowest BCUT2D eigenvalue weighted by Crippen LogP contribution is -2.33. The quantitative estimate of drug-likeness (QED) is 0.790. The molecule has 1 aromatic carbocycles. The molecule has 0 unspecified atom stereocenters. The Morgan fingerprint density at radius 3 is 2.62 bits per heavy atom.